The van der Waals surface area contributed by atoms with E-state index in [2.05, 4.69) is 109 Å². The maximum absolute atomic E-state index is 13.5. The Bertz CT molecular complexity index is 2820. The maximum Gasteiger partial charge on any atom is 0.178 e. The zero-order valence-electron chi connectivity index (χ0n) is 53.9. The van der Waals surface area contributed by atoms with Gasteiger partial charge in [-0.1, -0.05) is 157 Å². The van der Waals surface area contributed by atoms with Crippen molar-refractivity contribution in [3.63, 3.8) is 0 Å². The lowest BCUT2D eigenvalue weighted by Crippen LogP contribution is -2.64. The molecule has 0 spiro atoms. The minimum absolute atomic E-state index is 0.0292. The van der Waals surface area contributed by atoms with Gasteiger partial charge in [0, 0.05) is 0 Å². The van der Waals surface area contributed by atoms with Crippen molar-refractivity contribution in [3.8, 4) is 0 Å². The first-order chi connectivity index (χ1) is 38.0. The molecule has 10 aliphatic rings. The van der Waals surface area contributed by atoms with E-state index in [1.807, 2.05) is 36.4 Å². The first-order valence-electron chi connectivity index (χ1n) is 33.3. The van der Waals surface area contributed by atoms with Gasteiger partial charge in [0.15, 0.2) is 19.7 Å². The average Bonchev–Trinajstić information content (AvgIpc) is 0.744. The van der Waals surface area contributed by atoms with Gasteiger partial charge in [0.05, 0.1) is 33.5 Å². The molecule has 8 heteroatoms. The molecular weight excluding hydrogens is 1050 g/mol. The summed E-state index contributed by atoms with van der Waals surface area (Å²) in [6.07, 6.45) is 29.6. The van der Waals surface area contributed by atoms with Crippen LogP contribution < -0.4 is 0 Å². The Labute approximate surface area is 500 Å². The molecule has 0 saturated heterocycles. The fourth-order valence-corrected chi connectivity index (χ4v) is 26.7. The number of hydrogen-bond donors (Lipinski definition) is 2. The second-order valence-corrected chi connectivity index (χ2v) is 38.9. The molecule has 0 aliphatic heterocycles. The van der Waals surface area contributed by atoms with Crippen LogP contribution in [0, 0.1) is 100 Å². The highest BCUT2D eigenvalue weighted by molar-refractivity contribution is 7.91. The first-order valence-corrected chi connectivity index (χ1v) is 36.7. The van der Waals surface area contributed by atoms with Crippen LogP contribution in [0.1, 0.15) is 238 Å². The predicted octanol–water partition coefficient (Wildman–Crippen LogP) is 18.0. The Morgan fingerprint density at radius 1 is 0.415 bits per heavy atom. The van der Waals surface area contributed by atoms with Crippen LogP contribution in [0.4, 0.5) is 0 Å². The van der Waals surface area contributed by atoms with Crippen LogP contribution >= 0.6 is 0 Å². The molecule has 0 radical (unpaired) electrons. The number of aliphatic hydroxyl groups is 2. The van der Waals surface area contributed by atoms with Crippen molar-refractivity contribution in [2.45, 2.75) is 260 Å². The molecule has 82 heavy (non-hydrogen) atoms. The van der Waals surface area contributed by atoms with E-state index < -0.39 is 19.7 Å². The summed E-state index contributed by atoms with van der Waals surface area (Å²) in [4.78, 5) is 0.949. The fourth-order valence-electron chi connectivity index (χ4n) is 23.7. The summed E-state index contributed by atoms with van der Waals surface area (Å²) in [6.45, 7) is 34.8. The number of benzene rings is 2. The third-order valence-electron chi connectivity index (χ3n) is 29.5. The molecule has 16 atom stereocenters. The minimum Gasteiger partial charge on any atom is -0.393 e. The van der Waals surface area contributed by atoms with E-state index in [1.54, 1.807) is 35.4 Å². The molecule has 0 unspecified atom stereocenters. The van der Waals surface area contributed by atoms with Gasteiger partial charge >= 0.3 is 0 Å². The smallest absolute Gasteiger partial charge is 0.178 e. The maximum atomic E-state index is 13.5. The number of allylic oxidation sites excluding steroid dienone is 4. The highest BCUT2D eigenvalue weighted by Crippen LogP contribution is 2.78. The molecule has 12 rings (SSSR count). The Balaban J connectivity index is 0.000000172. The summed E-state index contributed by atoms with van der Waals surface area (Å²) in [5, 5.41) is 22.0. The van der Waals surface area contributed by atoms with E-state index in [0.717, 1.165) is 77.0 Å². The topological polar surface area (TPSA) is 109 Å². The van der Waals surface area contributed by atoms with Gasteiger partial charge in [0.25, 0.3) is 0 Å². The molecule has 8 fully saturated rings. The highest BCUT2D eigenvalue weighted by Gasteiger charge is 2.70. The minimum atomic E-state index is -3.30. The quantitative estimate of drug-likeness (QED) is 0.255. The molecule has 0 heterocycles. The van der Waals surface area contributed by atoms with E-state index in [-0.39, 0.29) is 88.7 Å². The Hall–Kier alpha value is -2.26. The second-order valence-electron chi connectivity index (χ2n) is 34.7. The Kier molecular flexibility index (Phi) is 15.1. The Morgan fingerprint density at radius 2 is 0.756 bits per heavy atom. The highest BCUT2D eigenvalue weighted by atomic mass is 32.2. The standard InChI is InChI=1S/2C37H56O3S/c2*1-32(2)19-21-37(23-24-41(39,40)26-11-9-8-10-12-26)22-20-35(6)27(28(37)25-32)13-14-30-34(5)17-16-31(38)33(3,4)29(34)15-18-36(30,35)7/h2*8-13,28-31,38H,14-25H2,1-7H3/t2*28-,29-,30+,31-,34-,35+,36+,37+/m00/s1. The molecule has 0 bridgehead atoms. The van der Waals surface area contributed by atoms with E-state index in [9.17, 15) is 27.0 Å². The molecule has 2 aromatic rings. The normalized spacial score (nSPS) is 44.9. The van der Waals surface area contributed by atoms with Crippen LogP contribution in [0.3, 0.4) is 0 Å². The fraction of sp³-hybridized carbons (Fsp3) is 0.784. The summed E-state index contributed by atoms with van der Waals surface area (Å²) in [5.74, 6) is 3.87. The number of sulfone groups is 2. The number of rotatable bonds is 8. The molecule has 0 aromatic heterocycles. The molecule has 10 aliphatic carbocycles. The van der Waals surface area contributed by atoms with Crippen LogP contribution in [0.5, 0.6) is 0 Å². The van der Waals surface area contributed by atoms with Crippen molar-refractivity contribution >= 4 is 19.7 Å². The average molecular weight is 1160 g/mol. The van der Waals surface area contributed by atoms with Gasteiger partial charge in [0.1, 0.15) is 0 Å². The van der Waals surface area contributed by atoms with Crippen molar-refractivity contribution < 1.29 is 27.0 Å². The zero-order chi connectivity index (χ0) is 59.4. The molecular formula is C74H112O6S2. The molecule has 2 aromatic carbocycles. The van der Waals surface area contributed by atoms with Gasteiger partial charge < -0.3 is 10.2 Å². The van der Waals surface area contributed by atoms with E-state index in [1.165, 1.54) is 64.2 Å². The van der Waals surface area contributed by atoms with Crippen LogP contribution in [-0.4, -0.2) is 50.8 Å². The van der Waals surface area contributed by atoms with E-state index in [4.69, 9.17) is 0 Å². The van der Waals surface area contributed by atoms with E-state index >= 15 is 0 Å². The number of aliphatic hydroxyl groups excluding tert-OH is 2. The monoisotopic (exact) mass is 1160 g/mol. The van der Waals surface area contributed by atoms with Crippen molar-refractivity contribution in [2.75, 3.05) is 11.5 Å². The zero-order valence-corrected chi connectivity index (χ0v) is 55.5. The third-order valence-corrected chi connectivity index (χ3v) is 33.0. The lowest BCUT2D eigenvalue weighted by Gasteiger charge is -2.71. The number of hydrogen-bond acceptors (Lipinski definition) is 6. The number of fused-ring (bicyclic) bond motifs is 14. The van der Waals surface area contributed by atoms with Gasteiger partial charge in [-0.15, -0.1) is 0 Å². The van der Waals surface area contributed by atoms with Crippen LogP contribution in [-0.2, 0) is 19.7 Å². The van der Waals surface area contributed by atoms with Gasteiger partial charge in [-0.05, 0) is 266 Å². The first kappa shape index (κ1) is 61.4. The summed E-state index contributed by atoms with van der Waals surface area (Å²) in [7, 11) is -6.59. The van der Waals surface area contributed by atoms with Crippen LogP contribution in [0.2, 0.25) is 0 Å². The molecule has 2 N–H and O–H groups in total. The van der Waals surface area contributed by atoms with Crippen molar-refractivity contribution in [2.24, 2.45) is 100 Å². The van der Waals surface area contributed by atoms with Crippen molar-refractivity contribution in [3.05, 3.63) is 84.0 Å². The predicted molar refractivity (Wildman–Crippen MR) is 336 cm³/mol. The summed E-state index contributed by atoms with van der Waals surface area (Å²) in [6, 6.07) is 18.2. The Morgan fingerprint density at radius 3 is 1.11 bits per heavy atom. The van der Waals surface area contributed by atoms with Crippen molar-refractivity contribution in [1.29, 1.82) is 0 Å². The van der Waals surface area contributed by atoms with E-state index in [0.29, 0.717) is 45.3 Å². The largest absolute Gasteiger partial charge is 0.393 e. The summed E-state index contributed by atoms with van der Waals surface area (Å²) >= 11 is 0. The van der Waals surface area contributed by atoms with Crippen LogP contribution in [0.15, 0.2) is 93.8 Å². The molecule has 0 amide bonds. The molecule has 8 saturated carbocycles. The lowest BCUT2D eigenvalue weighted by molar-refractivity contribution is -0.203. The van der Waals surface area contributed by atoms with Gasteiger partial charge in [0.2, 0.25) is 0 Å². The van der Waals surface area contributed by atoms with Crippen LogP contribution in [0.25, 0.3) is 0 Å². The SMILES string of the molecule is CC1(C)CC[C@]2(CCS(=O)(=O)c3ccccc3)CC[C@]3(C)C(=CC[C@@H]4[C@@]5(C)CC[C@H](O)C(C)(C)[C@@H]5CC[C@]43C)[C@@H]2C1.CC1(C)CC[C@]2(CCS(=O)(=O)c3ccccc3)CC[C@]3(C)C(=CC[C@@H]4[C@@]5(C)CC[C@H](O)C(C)(C)[C@@H]5CC[C@]43C)[C@@H]2C1. The van der Waals surface area contributed by atoms with Crippen molar-refractivity contribution in [1.82, 2.24) is 0 Å². The summed E-state index contributed by atoms with van der Waals surface area (Å²) in [5.41, 5.74) is 5.39. The lowest BCUT2D eigenvalue weighted by atomic mass is 9.33. The summed E-state index contributed by atoms with van der Waals surface area (Å²) < 4.78 is 53.9. The third kappa shape index (κ3) is 9.31. The molecule has 6 nitrogen and oxygen atoms in total. The molecule has 456 valence electrons. The van der Waals surface area contributed by atoms with Gasteiger partial charge in [-0.2, -0.15) is 0 Å². The second kappa shape index (κ2) is 20.1. The van der Waals surface area contributed by atoms with Gasteiger partial charge in [-0.3, -0.25) is 0 Å². The van der Waals surface area contributed by atoms with Gasteiger partial charge in [-0.25, -0.2) is 16.8 Å².